The monoisotopic (exact) mass is 284 g/mol. The molecule has 0 spiro atoms. The Morgan fingerprint density at radius 3 is 2.81 bits per heavy atom. The Hall–Kier alpha value is -2.07. The van der Waals surface area contributed by atoms with Gasteiger partial charge in [-0.05, 0) is 38.1 Å². The smallest absolute Gasteiger partial charge is 0.197 e. The largest absolute Gasteiger partial charge is 0.469 e. The summed E-state index contributed by atoms with van der Waals surface area (Å²) in [5, 5.41) is 3.55. The molecule has 1 aromatic carbocycles. The molecule has 110 valence electrons. The van der Waals surface area contributed by atoms with E-state index in [2.05, 4.69) is 17.2 Å². The lowest BCUT2D eigenvalue weighted by molar-refractivity contribution is 0.445. The molecule has 0 aliphatic heterocycles. The number of nitrogens with one attached hydrogen (secondary N) is 1. The van der Waals surface area contributed by atoms with Gasteiger partial charge in [0.15, 0.2) is 11.5 Å². The van der Waals surface area contributed by atoms with E-state index in [1.54, 1.807) is 6.26 Å². The molecule has 1 N–H and O–H groups in total. The molecule has 0 bridgehead atoms. The van der Waals surface area contributed by atoms with Crippen molar-refractivity contribution in [2.24, 2.45) is 0 Å². The second kappa shape index (κ2) is 6.14. The van der Waals surface area contributed by atoms with Crippen LogP contribution in [0.4, 0.5) is 0 Å². The molecule has 0 saturated carbocycles. The highest BCUT2D eigenvalue weighted by molar-refractivity contribution is 5.72. The van der Waals surface area contributed by atoms with Crippen molar-refractivity contribution in [3.8, 4) is 0 Å². The van der Waals surface area contributed by atoms with Crippen LogP contribution in [0.5, 0.6) is 0 Å². The maximum Gasteiger partial charge on any atom is 0.197 e. The number of aromatic nitrogens is 1. The summed E-state index contributed by atoms with van der Waals surface area (Å²) in [5.74, 6) is 1.70. The van der Waals surface area contributed by atoms with E-state index in [9.17, 15) is 0 Å². The first-order chi connectivity index (χ1) is 10.3. The van der Waals surface area contributed by atoms with Gasteiger partial charge in [0.1, 0.15) is 11.3 Å². The van der Waals surface area contributed by atoms with Gasteiger partial charge in [-0.1, -0.05) is 19.1 Å². The summed E-state index contributed by atoms with van der Waals surface area (Å²) in [6, 6.07) is 10.0. The summed E-state index contributed by atoms with van der Waals surface area (Å²) in [5.41, 5.74) is 2.92. The standard InChI is InChI=1S/C17H20N2O2/c1-3-9-18-15(13-8-10-20-12(13)2)11-17-19-14-6-4-5-7-16(14)21-17/h4-8,10,15,18H,3,9,11H2,1-2H3. The van der Waals surface area contributed by atoms with Gasteiger partial charge in [-0.3, -0.25) is 0 Å². The normalized spacial score (nSPS) is 12.9. The zero-order chi connectivity index (χ0) is 14.7. The number of hydrogen-bond donors (Lipinski definition) is 1. The Morgan fingerprint density at radius 1 is 1.24 bits per heavy atom. The first kappa shape index (κ1) is 13.9. The number of rotatable bonds is 6. The number of aryl methyl sites for hydroxylation is 1. The number of oxazole rings is 1. The molecule has 0 fully saturated rings. The third kappa shape index (κ3) is 3.00. The second-order valence-electron chi connectivity index (χ2n) is 5.22. The zero-order valence-corrected chi connectivity index (χ0v) is 12.4. The molecule has 2 heterocycles. The summed E-state index contributed by atoms with van der Waals surface area (Å²) in [6.07, 6.45) is 3.54. The number of benzene rings is 1. The third-order valence-electron chi connectivity index (χ3n) is 3.63. The van der Waals surface area contributed by atoms with E-state index in [0.29, 0.717) is 0 Å². The molecule has 2 aromatic heterocycles. The lowest BCUT2D eigenvalue weighted by atomic mass is 10.0. The van der Waals surface area contributed by atoms with Gasteiger partial charge in [0.05, 0.1) is 6.26 Å². The highest BCUT2D eigenvalue weighted by atomic mass is 16.3. The minimum atomic E-state index is 0.164. The highest BCUT2D eigenvalue weighted by Gasteiger charge is 2.18. The number of para-hydroxylation sites is 2. The van der Waals surface area contributed by atoms with Crippen LogP contribution in [0.1, 0.15) is 36.6 Å². The van der Waals surface area contributed by atoms with E-state index in [-0.39, 0.29) is 6.04 Å². The van der Waals surface area contributed by atoms with Crippen LogP contribution >= 0.6 is 0 Å². The van der Waals surface area contributed by atoms with Crippen molar-refractivity contribution in [3.63, 3.8) is 0 Å². The van der Waals surface area contributed by atoms with Gasteiger partial charge >= 0.3 is 0 Å². The molecule has 4 nitrogen and oxygen atoms in total. The van der Waals surface area contributed by atoms with Gasteiger partial charge in [-0.15, -0.1) is 0 Å². The molecule has 3 aromatic rings. The number of furan rings is 1. The van der Waals surface area contributed by atoms with Crippen LogP contribution in [0.25, 0.3) is 11.1 Å². The van der Waals surface area contributed by atoms with Crippen LogP contribution < -0.4 is 5.32 Å². The highest BCUT2D eigenvalue weighted by Crippen LogP contribution is 2.24. The predicted octanol–water partition coefficient (Wildman–Crippen LogP) is 4.01. The summed E-state index contributed by atoms with van der Waals surface area (Å²) >= 11 is 0. The number of nitrogens with zero attached hydrogens (tertiary/aromatic N) is 1. The molecule has 3 rings (SSSR count). The third-order valence-corrected chi connectivity index (χ3v) is 3.63. The van der Waals surface area contributed by atoms with Gasteiger partial charge < -0.3 is 14.2 Å². The van der Waals surface area contributed by atoms with E-state index >= 15 is 0 Å². The maximum atomic E-state index is 5.83. The zero-order valence-electron chi connectivity index (χ0n) is 12.4. The first-order valence-electron chi connectivity index (χ1n) is 7.39. The van der Waals surface area contributed by atoms with Gasteiger partial charge in [0, 0.05) is 18.0 Å². The van der Waals surface area contributed by atoms with E-state index < -0.39 is 0 Å². The minimum absolute atomic E-state index is 0.164. The van der Waals surface area contributed by atoms with Gasteiger partial charge in [0.25, 0.3) is 0 Å². The van der Waals surface area contributed by atoms with E-state index in [4.69, 9.17) is 8.83 Å². The van der Waals surface area contributed by atoms with Crippen LogP contribution in [-0.4, -0.2) is 11.5 Å². The van der Waals surface area contributed by atoms with E-state index in [0.717, 1.165) is 42.1 Å². The second-order valence-corrected chi connectivity index (χ2v) is 5.22. The molecule has 1 atom stereocenters. The van der Waals surface area contributed by atoms with Crippen molar-refractivity contribution < 1.29 is 8.83 Å². The van der Waals surface area contributed by atoms with Crippen molar-refractivity contribution in [2.75, 3.05) is 6.54 Å². The summed E-state index contributed by atoms with van der Waals surface area (Å²) < 4.78 is 11.3. The SMILES string of the molecule is CCCNC(Cc1nc2ccccc2o1)c1ccoc1C. The van der Waals surface area contributed by atoms with Crippen LogP contribution in [0.3, 0.4) is 0 Å². The molecule has 4 heteroatoms. The van der Waals surface area contributed by atoms with Gasteiger partial charge in [-0.25, -0.2) is 4.98 Å². The van der Waals surface area contributed by atoms with Crippen molar-refractivity contribution in [1.29, 1.82) is 0 Å². The minimum Gasteiger partial charge on any atom is -0.469 e. The first-order valence-corrected chi connectivity index (χ1v) is 7.39. The van der Waals surface area contributed by atoms with Crippen LogP contribution in [0.15, 0.2) is 45.4 Å². The van der Waals surface area contributed by atoms with E-state index in [1.807, 2.05) is 37.3 Å². The van der Waals surface area contributed by atoms with Gasteiger partial charge in [-0.2, -0.15) is 0 Å². The Labute approximate surface area is 124 Å². The van der Waals surface area contributed by atoms with E-state index in [1.165, 1.54) is 5.56 Å². The van der Waals surface area contributed by atoms with Crippen LogP contribution in [-0.2, 0) is 6.42 Å². The van der Waals surface area contributed by atoms with Crippen molar-refractivity contribution >= 4 is 11.1 Å². The van der Waals surface area contributed by atoms with Crippen molar-refractivity contribution in [1.82, 2.24) is 10.3 Å². The average molecular weight is 284 g/mol. The molecular weight excluding hydrogens is 264 g/mol. The fourth-order valence-corrected chi connectivity index (χ4v) is 2.55. The molecule has 1 unspecified atom stereocenters. The lowest BCUT2D eigenvalue weighted by Gasteiger charge is -2.16. The number of fused-ring (bicyclic) bond motifs is 1. The topological polar surface area (TPSA) is 51.2 Å². The van der Waals surface area contributed by atoms with Gasteiger partial charge in [0.2, 0.25) is 0 Å². The molecule has 0 aliphatic carbocycles. The molecule has 0 saturated heterocycles. The molecular formula is C17H20N2O2. The Morgan fingerprint density at radius 2 is 2.10 bits per heavy atom. The fraction of sp³-hybridized carbons (Fsp3) is 0.353. The molecule has 0 amide bonds. The Bertz CT molecular complexity index is 681. The Kier molecular flexibility index (Phi) is 4.06. The Balaban J connectivity index is 1.85. The van der Waals surface area contributed by atoms with Crippen LogP contribution in [0.2, 0.25) is 0 Å². The average Bonchev–Trinajstić information content (AvgIpc) is 3.08. The lowest BCUT2D eigenvalue weighted by Crippen LogP contribution is -2.24. The molecule has 0 radical (unpaired) electrons. The summed E-state index contributed by atoms with van der Waals surface area (Å²) in [6.45, 7) is 5.10. The number of hydrogen-bond acceptors (Lipinski definition) is 4. The molecule has 0 aliphatic rings. The predicted molar refractivity (Wildman–Crippen MR) is 82.2 cm³/mol. The summed E-state index contributed by atoms with van der Waals surface area (Å²) in [4.78, 5) is 4.56. The maximum absolute atomic E-state index is 5.83. The van der Waals surface area contributed by atoms with Crippen molar-refractivity contribution in [3.05, 3.63) is 53.8 Å². The molecule has 21 heavy (non-hydrogen) atoms. The summed E-state index contributed by atoms with van der Waals surface area (Å²) in [7, 11) is 0. The van der Waals surface area contributed by atoms with Crippen LogP contribution in [0, 0.1) is 6.92 Å². The van der Waals surface area contributed by atoms with Crippen molar-refractivity contribution in [2.45, 2.75) is 32.7 Å². The fourth-order valence-electron chi connectivity index (χ4n) is 2.55. The quantitative estimate of drug-likeness (QED) is 0.743.